The molecule has 0 fully saturated rings. The van der Waals surface area contributed by atoms with Gasteiger partial charge < -0.3 is 31.1 Å². The van der Waals surface area contributed by atoms with E-state index in [0.717, 1.165) is 22.2 Å². The minimum absolute atomic E-state index is 0.0465. The lowest BCUT2D eigenvalue weighted by Crippen LogP contribution is -2.39. The van der Waals surface area contributed by atoms with Gasteiger partial charge in [0.05, 0.1) is 5.52 Å². The Morgan fingerprint density at radius 3 is 2.56 bits per heavy atom. The molecule has 1 aromatic heterocycles. The zero-order valence-corrected chi connectivity index (χ0v) is 19.0. The lowest BCUT2D eigenvalue weighted by Gasteiger charge is -2.22. The first-order chi connectivity index (χ1) is 16.2. The second-order valence-electron chi connectivity index (χ2n) is 7.78. The van der Waals surface area contributed by atoms with Crippen LogP contribution >= 0.6 is 0 Å². The smallest absolute Gasteiger partial charge is 0.321 e. The maximum Gasteiger partial charge on any atom is 0.321 e. The molecule has 11 nitrogen and oxygen atoms in total. The number of hydrogen-bond donors (Lipinski definition) is 5. The van der Waals surface area contributed by atoms with Gasteiger partial charge in [-0.3, -0.25) is 10.1 Å². The van der Waals surface area contributed by atoms with Crippen molar-refractivity contribution in [1.82, 2.24) is 15.3 Å². The van der Waals surface area contributed by atoms with E-state index in [1.807, 2.05) is 38.2 Å². The molecule has 3 rings (SSSR count). The maximum atomic E-state index is 11.3. The molecule has 0 bridgehead atoms. The molecule has 3 aromatic rings. The van der Waals surface area contributed by atoms with Crippen molar-refractivity contribution in [2.75, 3.05) is 30.1 Å². The van der Waals surface area contributed by atoms with Crippen molar-refractivity contribution in [3.63, 3.8) is 0 Å². The van der Waals surface area contributed by atoms with E-state index in [9.17, 15) is 9.90 Å². The molecule has 11 heteroatoms. The van der Waals surface area contributed by atoms with Crippen LogP contribution in [-0.4, -0.2) is 46.1 Å². The molecule has 0 saturated heterocycles. The van der Waals surface area contributed by atoms with Gasteiger partial charge in [-0.05, 0) is 48.4 Å². The third kappa shape index (κ3) is 5.82. The topological polar surface area (TPSA) is 169 Å². The van der Waals surface area contributed by atoms with E-state index in [0.29, 0.717) is 23.6 Å². The molecule has 0 spiro atoms. The first-order valence-corrected chi connectivity index (χ1v) is 10.4. The number of fused-ring (bicyclic) bond motifs is 1. The minimum atomic E-state index is -1.11. The van der Waals surface area contributed by atoms with Crippen molar-refractivity contribution >= 4 is 34.3 Å². The molecule has 0 aliphatic carbocycles. The van der Waals surface area contributed by atoms with Crippen LogP contribution in [0.25, 0.3) is 10.9 Å². The molecule has 34 heavy (non-hydrogen) atoms. The van der Waals surface area contributed by atoms with E-state index in [1.165, 1.54) is 0 Å². The Hall–Kier alpha value is -4.09. The number of rotatable bonds is 11. The average Bonchev–Trinajstić information content (AvgIpc) is 2.79. The monoisotopic (exact) mass is 468 g/mol. The highest BCUT2D eigenvalue weighted by Crippen LogP contribution is 2.27. The number of nitrogen functional groups attached to an aromatic ring is 2. The summed E-state index contributed by atoms with van der Waals surface area (Å²) in [5.41, 5.74) is 15.5. The summed E-state index contributed by atoms with van der Waals surface area (Å²) in [4.78, 5) is 25.6. The highest BCUT2D eigenvalue weighted by molar-refractivity contribution is 5.92. The molecule has 1 atom stereocenters. The summed E-state index contributed by atoms with van der Waals surface area (Å²) >= 11 is 0. The van der Waals surface area contributed by atoms with Crippen LogP contribution in [0.2, 0.25) is 0 Å². The number of benzene rings is 2. The SMILES string of the molecule is C=C(CC(NCOc1ccc(N(C)Cc2ccc3nc(N)nc(N)c3c2C)cc1)C(=O)O)OO. The van der Waals surface area contributed by atoms with Crippen molar-refractivity contribution in [3.8, 4) is 5.75 Å². The zero-order chi connectivity index (χ0) is 24.8. The van der Waals surface area contributed by atoms with Crippen LogP contribution in [0.15, 0.2) is 48.7 Å². The Balaban J connectivity index is 1.62. The second-order valence-corrected chi connectivity index (χ2v) is 7.78. The summed E-state index contributed by atoms with van der Waals surface area (Å²) < 4.78 is 5.58. The van der Waals surface area contributed by atoms with E-state index in [2.05, 4.69) is 31.7 Å². The van der Waals surface area contributed by atoms with Gasteiger partial charge in [0.25, 0.3) is 0 Å². The standard InChI is InChI=1S/C23H28N6O5/c1-13(34-32)10-19(22(30)31)26-12-33-17-7-5-16(6-8-17)29(3)11-15-4-9-18-20(14(15)2)21(24)28-23(25)27-18/h4-9,19,26,32H,1,10-12H2,2-3H3,(H,30,31)(H4,24,25,27,28). The summed E-state index contributed by atoms with van der Waals surface area (Å²) in [5.74, 6) is -0.101. The molecule has 1 heterocycles. The van der Waals surface area contributed by atoms with Gasteiger partial charge in [-0.25, -0.2) is 10.2 Å². The quantitative estimate of drug-likeness (QED) is 0.121. The fourth-order valence-corrected chi connectivity index (χ4v) is 3.54. The molecule has 0 aliphatic rings. The molecule has 0 aliphatic heterocycles. The van der Waals surface area contributed by atoms with Crippen LogP contribution in [-0.2, 0) is 16.2 Å². The van der Waals surface area contributed by atoms with E-state index in [4.69, 9.17) is 21.5 Å². The van der Waals surface area contributed by atoms with E-state index in [-0.39, 0.29) is 24.9 Å². The van der Waals surface area contributed by atoms with Crippen LogP contribution in [0.3, 0.4) is 0 Å². The van der Waals surface area contributed by atoms with Gasteiger partial charge >= 0.3 is 5.97 Å². The molecular formula is C23H28N6O5. The lowest BCUT2D eigenvalue weighted by molar-refractivity contribution is -0.206. The number of carbonyl (C=O) groups is 1. The molecule has 7 N–H and O–H groups in total. The number of aliphatic carboxylic acids is 1. The molecule has 180 valence electrons. The van der Waals surface area contributed by atoms with Crippen molar-refractivity contribution in [2.45, 2.75) is 25.9 Å². The van der Waals surface area contributed by atoms with Gasteiger partial charge in [0.2, 0.25) is 5.95 Å². The third-order valence-corrected chi connectivity index (χ3v) is 5.39. The Kier molecular flexibility index (Phi) is 7.71. The summed E-state index contributed by atoms with van der Waals surface area (Å²) in [6.45, 7) is 5.97. The van der Waals surface area contributed by atoms with Crippen LogP contribution in [0.4, 0.5) is 17.5 Å². The number of anilines is 3. The number of nitrogens with one attached hydrogen (secondary N) is 1. The number of nitrogens with zero attached hydrogens (tertiary/aromatic N) is 3. The highest BCUT2D eigenvalue weighted by Gasteiger charge is 2.19. The number of aromatic nitrogens is 2. The fourth-order valence-electron chi connectivity index (χ4n) is 3.54. The maximum absolute atomic E-state index is 11.3. The molecule has 1 unspecified atom stereocenters. The van der Waals surface area contributed by atoms with Crippen molar-refractivity contribution in [2.24, 2.45) is 0 Å². The fraction of sp³-hybridized carbons (Fsp3) is 0.261. The van der Waals surface area contributed by atoms with Crippen LogP contribution in [0, 0.1) is 6.92 Å². The normalized spacial score (nSPS) is 11.7. The molecule has 2 aromatic carbocycles. The van der Waals surface area contributed by atoms with Gasteiger partial charge in [0.15, 0.2) is 0 Å². The van der Waals surface area contributed by atoms with Crippen LogP contribution in [0.5, 0.6) is 5.75 Å². The van der Waals surface area contributed by atoms with Gasteiger partial charge in [0.1, 0.15) is 30.1 Å². The highest BCUT2D eigenvalue weighted by atomic mass is 17.1. The minimum Gasteiger partial charge on any atom is -0.480 e. The average molecular weight is 469 g/mol. The first kappa shape index (κ1) is 24.6. The van der Waals surface area contributed by atoms with E-state index < -0.39 is 12.0 Å². The largest absolute Gasteiger partial charge is 0.480 e. The molecule has 0 amide bonds. The summed E-state index contributed by atoms with van der Waals surface area (Å²) in [5, 5.41) is 21.3. The number of carboxylic acid groups (broad SMARTS) is 1. The van der Waals surface area contributed by atoms with Gasteiger partial charge in [-0.1, -0.05) is 12.6 Å². The number of aryl methyl sites for hydroxylation is 1. The summed E-state index contributed by atoms with van der Waals surface area (Å²) in [7, 11) is 1.97. The number of ether oxygens (including phenoxy) is 1. The van der Waals surface area contributed by atoms with Gasteiger partial charge in [0, 0.05) is 31.1 Å². The van der Waals surface area contributed by atoms with E-state index in [1.54, 1.807) is 12.1 Å². The second kappa shape index (κ2) is 10.7. The Morgan fingerprint density at radius 1 is 1.21 bits per heavy atom. The van der Waals surface area contributed by atoms with Crippen LogP contribution in [0.1, 0.15) is 17.5 Å². The predicted octanol–water partition coefficient (Wildman–Crippen LogP) is 2.51. The number of nitrogens with two attached hydrogens (primary N) is 2. The Morgan fingerprint density at radius 2 is 1.91 bits per heavy atom. The van der Waals surface area contributed by atoms with Crippen LogP contribution < -0.4 is 26.4 Å². The lowest BCUT2D eigenvalue weighted by atomic mass is 10.0. The molecule has 0 saturated carbocycles. The van der Waals surface area contributed by atoms with Crippen molar-refractivity contribution in [1.29, 1.82) is 0 Å². The van der Waals surface area contributed by atoms with Gasteiger partial charge in [-0.2, -0.15) is 4.98 Å². The van der Waals surface area contributed by atoms with Crippen molar-refractivity contribution < 1.29 is 24.8 Å². The zero-order valence-electron chi connectivity index (χ0n) is 19.0. The number of carboxylic acids is 1. The van der Waals surface area contributed by atoms with E-state index >= 15 is 0 Å². The third-order valence-electron chi connectivity index (χ3n) is 5.39. The first-order valence-electron chi connectivity index (χ1n) is 10.4. The Labute approximate surface area is 196 Å². The van der Waals surface area contributed by atoms with Crippen molar-refractivity contribution in [3.05, 3.63) is 59.9 Å². The molecular weight excluding hydrogens is 440 g/mol. The molecule has 0 radical (unpaired) electrons. The van der Waals surface area contributed by atoms with Gasteiger partial charge in [-0.15, -0.1) is 0 Å². The Bertz CT molecular complexity index is 1180. The summed E-state index contributed by atoms with van der Waals surface area (Å²) in [6.07, 6.45) is -0.0989. The predicted molar refractivity (Wildman–Crippen MR) is 129 cm³/mol. The number of hydrogen-bond acceptors (Lipinski definition) is 10. The summed E-state index contributed by atoms with van der Waals surface area (Å²) in [6, 6.07) is 10.3.